The van der Waals surface area contributed by atoms with Crippen molar-refractivity contribution in [1.29, 1.82) is 0 Å². The zero-order chi connectivity index (χ0) is 15.4. The zero-order valence-corrected chi connectivity index (χ0v) is 14.7. The molecule has 0 heterocycles. The average Bonchev–Trinajstić information content (AvgIpc) is 2.32. The van der Waals surface area contributed by atoms with E-state index in [4.69, 9.17) is 28.3 Å². The second kappa shape index (κ2) is 7.47. The molecule has 7 heteroatoms. The Kier molecular flexibility index (Phi) is 6.54. The Hall–Kier alpha value is -0.530. The van der Waals surface area contributed by atoms with Gasteiger partial charge < -0.3 is 10.0 Å². The summed E-state index contributed by atoms with van der Waals surface area (Å²) in [5.74, 6) is -1.21. The van der Waals surface area contributed by atoms with E-state index in [1.165, 1.54) is 4.90 Å². The number of hydrogen-bond donors (Lipinski definition) is 1. The SMILES string of the molecule is CC(C)N(CCC(=O)O)C(=O)c1cc(Cl)cc(Cl)c1I. The van der Waals surface area contributed by atoms with E-state index in [1.807, 2.05) is 36.4 Å². The minimum absolute atomic E-state index is 0.102. The van der Waals surface area contributed by atoms with Crippen molar-refractivity contribution >= 4 is 57.7 Å². The van der Waals surface area contributed by atoms with Crippen LogP contribution in [0.5, 0.6) is 0 Å². The number of carbonyl (C=O) groups is 2. The molecule has 1 aromatic rings. The predicted molar refractivity (Wildman–Crippen MR) is 87.6 cm³/mol. The van der Waals surface area contributed by atoms with Crippen LogP contribution in [0.3, 0.4) is 0 Å². The smallest absolute Gasteiger partial charge is 0.305 e. The fourth-order valence-corrected chi connectivity index (χ4v) is 2.71. The predicted octanol–water partition coefficient (Wildman–Crippen LogP) is 3.92. The second-order valence-corrected chi connectivity index (χ2v) is 6.41. The molecule has 1 N–H and O–H groups in total. The van der Waals surface area contributed by atoms with Gasteiger partial charge in [-0.15, -0.1) is 0 Å². The Morgan fingerprint density at radius 2 is 1.95 bits per heavy atom. The van der Waals surface area contributed by atoms with Crippen LogP contribution in [0.15, 0.2) is 12.1 Å². The van der Waals surface area contributed by atoms with Gasteiger partial charge in [-0.05, 0) is 48.6 Å². The zero-order valence-electron chi connectivity index (χ0n) is 11.0. The van der Waals surface area contributed by atoms with Crippen molar-refractivity contribution in [3.8, 4) is 0 Å². The lowest BCUT2D eigenvalue weighted by atomic mass is 10.1. The number of nitrogens with zero attached hydrogens (tertiary/aromatic N) is 1. The van der Waals surface area contributed by atoms with Crippen molar-refractivity contribution in [3.63, 3.8) is 0 Å². The summed E-state index contributed by atoms with van der Waals surface area (Å²) in [6.07, 6.45) is -0.102. The monoisotopic (exact) mass is 429 g/mol. The van der Waals surface area contributed by atoms with Crippen LogP contribution in [-0.4, -0.2) is 34.5 Å². The van der Waals surface area contributed by atoms with Gasteiger partial charge in [0.05, 0.1) is 17.0 Å². The van der Waals surface area contributed by atoms with Crippen LogP contribution in [0, 0.1) is 3.57 Å². The Morgan fingerprint density at radius 3 is 2.45 bits per heavy atom. The van der Waals surface area contributed by atoms with Crippen LogP contribution in [0.1, 0.15) is 30.6 Å². The molecule has 0 saturated carbocycles. The van der Waals surface area contributed by atoms with Gasteiger partial charge in [0.15, 0.2) is 0 Å². The molecule has 20 heavy (non-hydrogen) atoms. The van der Waals surface area contributed by atoms with Crippen molar-refractivity contribution in [2.75, 3.05) is 6.54 Å². The molecule has 1 aromatic carbocycles. The first-order valence-corrected chi connectivity index (χ1v) is 7.74. The Labute approximate surface area is 141 Å². The summed E-state index contributed by atoms with van der Waals surface area (Å²) in [6, 6.07) is 3.00. The molecule has 0 aliphatic rings. The van der Waals surface area contributed by atoms with Gasteiger partial charge in [-0.1, -0.05) is 23.2 Å². The molecule has 110 valence electrons. The van der Waals surface area contributed by atoms with E-state index < -0.39 is 5.97 Å². The van der Waals surface area contributed by atoms with E-state index in [9.17, 15) is 9.59 Å². The van der Waals surface area contributed by atoms with E-state index in [0.717, 1.165) is 0 Å². The minimum atomic E-state index is -0.942. The van der Waals surface area contributed by atoms with Crippen molar-refractivity contribution < 1.29 is 14.7 Å². The van der Waals surface area contributed by atoms with Gasteiger partial charge in [-0.3, -0.25) is 9.59 Å². The molecule has 0 aromatic heterocycles. The largest absolute Gasteiger partial charge is 0.481 e. The summed E-state index contributed by atoms with van der Waals surface area (Å²) in [4.78, 5) is 24.7. The quantitative estimate of drug-likeness (QED) is 0.570. The van der Waals surface area contributed by atoms with Crippen LogP contribution in [0.2, 0.25) is 10.0 Å². The first-order chi connectivity index (χ1) is 9.23. The maximum atomic E-state index is 12.5. The van der Waals surface area contributed by atoms with E-state index in [1.54, 1.807) is 12.1 Å². The lowest BCUT2D eigenvalue weighted by Crippen LogP contribution is -2.38. The fraction of sp³-hybridized carbons (Fsp3) is 0.385. The number of halogens is 3. The normalized spacial score (nSPS) is 10.7. The first-order valence-electron chi connectivity index (χ1n) is 5.91. The van der Waals surface area contributed by atoms with E-state index in [-0.39, 0.29) is 24.9 Å². The van der Waals surface area contributed by atoms with Gasteiger partial charge >= 0.3 is 5.97 Å². The third-order valence-corrected chi connectivity index (χ3v) is 4.67. The molecule has 0 aliphatic heterocycles. The van der Waals surface area contributed by atoms with Gasteiger partial charge in [0, 0.05) is 21.2 Å². The highest BCUT2D eigenvalue weighted by Crippen LogP contribution is 2.28. The van der Waals surface area contributed by atoms with Gasteiger partial charge in [0.2, 0.25) is 0 Å². The van der Waals surface area contributed by atoms with Gasteiger partial charge in [0.1, 0.15) is 0 Å². The summed E-state index contributed by atoms with van der Waals surface area (Å²) in [7, 11) is 0. The van der Waals surface area contributed by atoms with Crippen molar-refractivity contribution in [3.05, 3.63) is 31.3 Å². The molecule has 0 fully saturated rings. The minimum Gasteiger partial charge on any atom is -0.481 e. The number of hydrogen-bond acceptors (Lipinski definition) is 2. The number of carboxylic acids is 1. The number of amides is 1. The Bertz CT molecular complexity index is 535. The van der Waals surface area contributed by atoms with Crippen LogP contribution in [-0.2, 0) is 4.79 Å². The van der Waals surface area contributed by atoms with Gasteiger partial charge in [-0.2, -0.15) is 0 Å². The molecule has 0 bridgehead atoms. The topological polar surface area (TPSA) is 57.6 Å². The molecule has 0 unspecified atom stereocenters. The molecule has 0 saturated heterocycles. The van der Waals surface area contributed by atoms with E-state index in [0.29, 0.717) is 19.2 Å². The van der Waals surface area contributed by atoms with Crippen LogP contribution >= 0.6 is 45.8 Å². The lowest BCUT2D eigenvalue weighted by molar-refractivity contribution is -0.137. The first kappa shape index (κ1) is 17.5. The number of carboxylic acid groups (broad SMARTS) is 1. The summed E-state index contributed by atoms with van der Waals surface area (Å²) >= 11 is 13.9. The highest BCUT2D eigenvalue weighted by molar-refractivity contribution is 14.1. The molecule has 0 aliphatic carbocycles. The van der Waals surface area contributed by atoms with Crippen LogP contribution < -0.4 is 0 Å². The van der Waals surface area contributed by atoms with Crippen LogP contribution in [0.25, 0.3) is 0 Å². The van der Waals surface area contributed by atoms with Crippen molar-refractivity contribution in [2.45, 2.75) is 26.3 Å². The van der Waals surface area contributed by atoms with E-state index in [2.05, 4.69) is 0 Å². The summed E-state index contributed by atoms with van der Waals surface area (Å²) < 4.78 is 0.611. The van der Waals surface area contributed by atoms with Crippen molar-refractivity contribution in [1.82, 2.24) is 4.90 Å². The molecule has 0 atom stereocenters. The Morgan fingerprint density at radius 1 is 1.35 bits per heavy atom. The number of rotatable bonds is 5. The number of aliphatic carboxylic acids is 1. The van der Waals surface area contributed by atoms with Gasteiger partial charge in [-0.25, -0.2) is 0 Å². The third kappa shape index (κ3) is 4.49. The third-order valence-electron chi connectivity index (χ3n) is 2.67. The molecular formula is C13H14Cl2INO3. The second-order valence-electron chi connectivity index (χ2n) is 4.49. The van der Waals surface area contributed by atoms with Crippen LogP contribution in [0.4, 0.5) is 0 Å². The Balaban J connectivity index is 3.09. The lowest BCUT2D eigenvalue weighted by Gasteiger charge is -2.27. The summed E-state index contributed by atoms with van der Waals surface area (Å²) in [5, 5.41) is 9.54. The molecule has 0 radical (unpaired) electrons. The molecule has 1 amide bonds. The van der Waals surface area contributed by atoms with E-state index >= 15 is 0 Å². The molecule has 0 spiro atoms. The maximum Gasteiger partial charge on any atom is 0.305 e. The average molecular weight is 430 g/mol. The van der Waals surface area contributed by atoms with Gasteiger partial charge in [0.25, 0.3) is 5.91 Å². The standard InChI is InChI=1S/C13H14Cl2INO3/c1-7(2)17(4-3-11(18)19)13(20)9-5-8(14)6-10(15)12(9)16/h5-7H,3-4H2,1-2H3,(H,18,19). The maximum absolute atomic E-state index is 12.5. The summed E-state index contributed by atoms with van der Waals surface area (Å²) in [5.41, 5.74) is 0.391. The highest BCUT2D eigenvalue weighted by Gasteiger charge is 2.23. The number of benzene rings is 1. The molecule has 1 rings (SSSR count). The fourth-order valence-electron chi connectivity index (χ4n) is 1.68. The molecule has 4 nitrogen and oxygen atoms in total. The van der Waals surface area contributed by atoms with Crippen molar-refractivity contribution in [2.24, 2.45) is 0 Å². The highest BCUT2D eigenvalue weighted by atomic mass is 127. The summed E-state index contributed by atoms with van der Waals surface area (Å²) in [6.45, 7) is 3.81. The molecular weight excluding hydrogens is 416 g/mol. The number of carbonyl (C=O) groups excluding carboxylic acids is 1.